The molecule has 0 saturated heterocycles. The Hall–Kier alpha value is -2.39. The van der Waals surface area contributed by atoms with E-state index in [4.69, 9.17) is 17.5 Å². The molecule has 2 heterocycles. The predicted octanol–water partition coefficient (Wildman–Crippen LogP) is 3.25. The Labute approximate surface area is 127 Å². The van der Waals surface area contributed by atoms with Gasteiger partial charge in [-0.2, -0.15) is 10.4 Å². The third-order valence-electron chi connectivity index (χ3n) is 3.48. The number of aromatic amines is 1. The summed E-state index contributed by atoms with van der Waals surface area (Å²) in [7, 11) is 1.92. The molecule has 21 heavy (non-hydrogen) atoms. The van der Waals surface area contributed by atoms with Crippen molar-refractivity contribution in [1.82, 2.24) is 19.3 Å². The van der Waals surface area contributed by atoms with Crippen LogP contribution in [0.15, 0.2) is 24.3 Å². The van der Waals surface area contributed by atoms with Gasteiger partial charge >= 0.3 is 0 Å². The molecule has 0 bridgehead atoms. The first-order valence-electron chi connectivity index (χ1n) is 6.83. The van der Waals surface area contributed by atoms with E-state index in [0.29, 0.717) is 10.3 Å². The normalized spacial score (nSPS) is 10.9. The summed E-state index contributed by atoms with van der Waals surface area (Å²) >= 11 is 5.45. The molecule has 0 saturated carbocycles. The second-order valence-corrected chi connectivity index (χ2v) is 5.33. The number of hydrogen-bond donors (Lipinski definition) is 1. The standard InChI is InChI=1S/C15H15N5S/c1-3-4-12-13-14(19(2)18-12)20(15(21)17-13)11-7-5-10(9-16)6-8-11/h5-8H,3-4H2,1-2H3,(H,17,21). The molecule has 0 atom stereocenters. The van der Waals surface area contributed by atoms with Crippen molar-refractivity contribution in [2.45, 2.75) is 19.8 Å². The fraction of sp³-hybridized carbons (Fsp3) is 0.267. The Morgan fingerprint density at radius 1 is 1.33 bits per heavy atom. The summed E-state index contributed by atoms with van der Waals surface area (Å²) in [5, 5.41) is 13.5. The zero-order chi connectivity index (χ0) is 15.0. The van der Waals surface area contributed by atoms with Gasteiger partial charge in [0, 0.05) is 12.7 Å². The average molecular weight is 297 g/mol. The molecule has 0 fully saturated rings. The highest BCUT2D eigenvalue weighted by atomic mass is 32.1. The van der Waals surface area contributed by atoms with Crippen LogP contribution in [-0.4, -0.2) is 19.3 Å². The van der Waals surface area contributed by atoms with E-state index < -0.39 is 0 Å². The molecule has 3 rings (SSSR count). The fourth-order valence-corrected chi connectivity index (χ4v) is 2.84. The second-order valence-electron chi connectivity index (χ2n) is 4.94. The minimum absolute atomic E-state index is 0.633. The van der Waals surface area contributed by atoms with Gasteiger partial charge in [-0.1, -0.05) is 13.3 Å². The number of aromatic nitrogens is 4. The van der Waals surface area contributed by atoms with Gasteiger partial charge in [-0.15, -0.1) is 0 Å². The molecule has 2 aromatic heterocycles. The average Bonchev–Trinajstić information content (AvgIpc) is 2.97. The largest absolute Gasteiger partial charge is 0.327 e. The SMILES string of the molecule is CCCc1nn(C)c2c1[nH]c(=S)n2-c1ccc(C#N)cc1. The number of aryl methyl sites for hydroxylation is 2. The third kappa shape index (κ3) is 2.16. The van der Waals surface area contributed by atoms with Crippen molar-refractivity contribution in [3.63, 3.8) is 0 Å². The number of nitriles is 1. The van der Waals surface area contributed by atoms with Crippen LogP contribution in [0.2, 0.25) is 0 Å². The van der Waals surface area contributed by atoms with Crippen molar-refractivity contribution < 1.29 is 0 Å². The number of nitrogens with zero attached hydrogens (tertiary/aromatic N) is 4. The monoisotopic (exact) mass is 297 g/mol. The zero-order valence-electron chi connectivity index (χ0n) is 11.9. The van der Waals surface area contributed by atoms with E-state index in [1.165, 1.54) is 0 Å². The van der Waals surface area contributed by atoms with Crippen molar-refractivity contribution in [3.8, 4) is 11.8 Å². The molecule has 5 nitrogen and oxygen atoms in total. The van der Waals surface area contributed by atoms with Gasteiger partial charge in [-0.25, -0.2) is 4.68 Å². The predicted molar refractivity (Wildman–Crippen MR) is 83.9 cm³/mol. The van der Waals surface area contributed by atoms with Crippen LogP contribution < -0.4 is 0 Å². The zero-order valence-corrected chi connectivity index (χ0v) is 12.7. The molecular weight excluding hydrogens is 282 g/mol. The molecule has 0 aliphatic rings. The van der Waals surface area contributed by atoms with Crippen molar-refractivity contribution in [3.05, 3.63) is 40.3 Å². The number of imidazole rings is 1. The molecule has 1 aromatic carbocycles. The van der Waals surface area contributed by atoms with Gasteiger partial charge in [0.1, 0.15) is 5.52 Å². The lowest BCUT2D eigenvalue weighted by atomic mass is 10.2. The van der Waals surface area contributed by atoms with Crippen molar-refractivity contribution in [2.75, 3.05) is 0 Å². The number of benzene rings is 1. The van der Waals surface area contributed by atoms with Gasteiger partial charge in [0.25, 0.3) is 0 Å². The van der Waals surface area contributed by atoms with Crippen LogP contribution in [0.4, 0.5) is 0 Å². The Morgan fingerprint density at radius 3 is 2.67 bits per heavy atom. The van der Waals surface area contributed by atoms with E-state index in [2.05, 4.69) is 23.1 Å². The number of nitrogens with one attached hydrogen (secondary N) is 1. The maximum Gasteiger partial charge on any atom is 0.184 e. The molecule has 6 heteroatoms. The minimum Gasteiger partial charge on any atom is -0.327 e. The molecule has 0 aliphatic heterocycles. The molecule has 0 unspecified atom stereocenters. The highest BCUT2D eigenvalue weighted by Crippen LogP contribution is 2.23. The Bertz CT molecular complexity index is 889. The van der Waals surface area contributed by atoms with Crippen molar-refractivity contribution in [2.24, 2.45) is 7.05 Å². The van der Waals surface area contributed by atoms with Crippen LogP contribution in [0.3, 0.4) is 0 Å². The number of rotatable bonds is 3. The summed E-state index contributed by atoms with van der Waals surface area (Å²) in [6.07, 6.45) is 1.95. The van der Waals surface area contributed by atoms with Crippen molar-refractivity contribution >= 4 is 23.4 Å². The summed E-state index contributed by atoms with van der Waals surface area (Å²) in [6.45, 7) is 2.13. The van der Waals surface area contributed by atoms with Crippen LogP contribution in [0, 0.1) is 16.1 Å². The van der Waals surface area contributed by atoms with Crippen LogP contribution >= 0.6 is 12.2 Å². The van der Waals surface area contributed by atoms with Gasteiger partial charge in [-0.3, -0.25) is 4.57 Å². The van der Waals surface area contributed by atoms with E-state index >= 15 is 0 Å². The molecular formula is C15H15N5S. The number of fused-ring (bicyclic) bond motifs is 1. The summed E-state index contributed by atoms with van der Waals surface area (Å²) in [6, 6.07) is 9.50. The summed E-state index contributed by atoms with van der Waals surface area (Å²) in [5.74, 6) is 0. The molecule has 1 N–H and O–H groups in total. The smallest absolute Gasteiger partial charge is 0.184 e. The third-order valence-corrected chi connectivity index (χ3v) is 3.76. The lowest BCUT2D eigenvalue weighted by molar-refractivity contribution is 0.735. The van der Waals surface area contributed by atoms with Gasteiger partial charge in [0.15, 0.2) is 10.4 Å². The highest BCUT2D eigenvalue weighted by molar-refractivity contribution is 7.71. The Balaban J connectivity index is 2.24. The fourth-order valence-electron chi connectivity index (χ4n) is 2.55. The molecule has 0 aliphatic carbocycles. The van der Waals surface area contributed by atoms with Gasteiger partial charge < -0.3 is 4.98 Å². The summed E-state index contributed by atoms with van der Waals surface area (Å²) in [5.41, 5.74) is 4.54. The molecule has 0 radical (unpaired) electrons. The van der Waals surface area contributed by atoms with Gasteiger partial charge in [0.2, 0.25) is 0 Å². The molecule has 3 aromatic rings. The Kier molecular flexibility index (Phi) is 3.35. The second kappa shape index (κ2) is 5.19. The van der Waals surface area contributed by atoms with Gasteiger partial charge in [0.05, 0.1) is 17.3 Å². The molecule has 106 valence electrons. The number of hydrogen-bond acceptors (Lipinski definition) is 3. The first kappa shape index (κ1) is 13.6. The maximum absolute atomic E-state index is 8.89. The van der Waals surface area contributed by atoms with Crippen LogP contribution in [-0.2, 0) is 13.5 Å². The minimum atomic E-state index is 0.633. The van der Waals surface area contributed by atoms with E-state index in [1.54, 1.807) is 12.1 Å². The summed E-state index contributed by atoms with van der Waals surface area (Å²) in [4.78, 5) is 3.26. The van der Waals surface area contributed by atoms with E-state index in [9.17, 15) is 0 Å². The Morgan fingerprint density at radius 2 is 2.05 bits per heavy atom. The quantitative estimate of drug-likeness (QED) is 0.755. The van der Waals surface area contributed by atoms with Crippen molar-refractivity contribution in [1.29, 1.82) is 5.26 Å². The lowest BCUT2D eigenvalue weighted by Gasteiger charge is -2.04. The highest BCUT2D eigenvalue weighted by Gasteiger charge is 2.15. The summed E-state index contributed by atoms with van der Waals surface area (Å²) < 4.78 is 4.45. The van der Waals surface area contributed by atoms with E-state index in [-0.39, 0.29) is 0 Å². The van der Waals surface area contributed by atoms with Crippen LogP contribution in [0.5, 0.6) is 0 Å². The molecule has 0 amide bonds. The van der Waals surface area contributed by atoms with Crippen LogP contribution in [0.1, 0.15) is 24.6 Å². The topological polar surface area (TPSA) is 62.3 Å². The van der Waals surface area contributed by atoms with E-state index in [0.717, 1.165) is 35.4 Å². The first-order chi connectivity index (χ1) is 10.2. The number of H-pyrrole nitrogens is 1. The first-order valence-corrected chi connectivity index (χ1v) is 7.23. The maximum atomic E-state index is 8.89. The lowest BCUT2D eigenvalue weighted by Crippen LogP contribution is -2.01. The van der Waals surface area contributed by atoms with Crippen LogP contribution in [0.25, 0.3) is 16.9 Å². The van der Waals surface area contributed by atoms with Gasteiger partial charge in [-0.05, 0) is 42.9 Å². The van der Waals surface area contributed by atoms with E-state index in [1.807, 2.05) is 28.4 Å². The molecule has 0 spiro atoms.